The van der Waals surface area contributed by atoms with Crippen molar-refractivity contribution in [3.8, 4) is 5.75 Å². The molecule has 1 unspecified atom stereocenters. The van der Waals surface area contributed by atoms with E-state index in [1.807, 2.05) is 6.92 Å². The Morgan fingerprint density at radius 3 is 2.45 bits per heavy atom. The molecule has 0 aromatic heterocycles. The Hall–Kier alpha value is -1.06. The Kier molecular flexibility index (Phi) is 8.51. The van der Waals surface area contributed by atoms with Crippen molar-refractivity contribution < 1.29 is 14.6 Å². The first-order valence-corrected chi connectivity index (χ1v) is 8.52. The van der Waals surface area contributed by atoms with Crippen molar-refractivity contribution in [3.05, 3.63) is 28.8 Å². The first-order valence-electron chi connectivity index (χ1n) is 8.52. The maximum Gasteiger partial charge on any atom is 0.154 e. The summed E-state index contributed by atoms with van der Waals surface area (Å²) in [5, 5.41) is 9.68. The van der Waals surface area contributed by atoms with E-state index in [2.05, 4.69) is 39.8 Å². The molecule has 3 nitrogen and oxygen atoms in total. The topological polar surface area (TPSA) is 38.7 Å². The van der Waals surface area contributed by atoms with Gasteiger partial charge >= 0.3 is 0 Å². The van der Waals surface area contributed by atoms with Crippen LogP contribution in [0, 0.1) is 12.8 Å². The molecule has 0 saturated carbocycles. The van der Waals surface area contributed by atoms with Crippen LogP contribution in [0.4, 0.5) is 0 Å². The van der Waals surface area contributed by atoms with E-state index in [0.717, 1.165) is 31.6 Å². The Labute approximate surface area is 135 Å². The van der Waals surface area contributed by atoms with Crippen molar-refractivity contribution in [2.75, 3.05) is 13.2 Å². The number of ether oxygens (including phenoxy) is 2. The number of hydrogen-bond donors (Lipinski definition) is 1. The van der Waals surface area contributed by atoms with Gasteiger partial charge in [0.15, 0.2) is 6.29 Å². The molecule has 22 heavy (non-hydrogen) atoms. The second kappa shape index (κ2) is 9.86. The van der Waals surface area contributed by atoms with E-state index < -0.39 is 6.29 Å². The average molecular weight is 308 g/mol. The van der Waals surface area contributed by atoms with Gasteiger partial charge in [-0.3, -0.25) is 0 Å². The highest BCUT2D eigenvalue weighted by Crippen LogP contribution is 2.27. The molecule has 1 atom stereocenters. The summed E-state index contributed by atoms with van der Waals surface area (Å²) in [7, 11) is 0. The lowest BCUT2D eigenvalue weighted by atomic mass is 10.00. The zero-order chi connectivity index (χ0) is 16.5. The second-order valence-electron chi connectivity index (χ2n) is 6.23. The maximum atomic E-state index is 9.68. The highest BCUT2D eigenvalue weighted by atomic mass is 16.6. The normalized spacial score (nSPS) is 12.7. The summed E-state index contributed by atoms with van der Waals surface area (Å²) in [4.78, 5) is 0. The number of rotatable bonds is 10. The predicted octanol–water partition coefficient (Wildman–Crippen LogP) is 4.27. The molecular formula is C19H32O3. The number of hydrogen-bond acceptors (Lipinski definition) is 3. The highest BCUT2D eigenvalue weighted by molar-refractivity contribution is 5.44. The van der Waals surface area contributed by atoms with E-state index in [0.29, 0.717) is 18.9 Å². The third-order valence-corrected chi connectivity index (χ3v) is 3.77. The molecule has 0 bridgehead atoms. The Bertz CT molecular complexity index is 441. The summed E-state index contributed by atoms with van der Waals surface area (Å²) in [6, 6.07) is 4.37. The van der Waals surface area contributed by atoms with Crippen molar-refractivity contribution >= 4 is 0 Å². The molecule has 0 radical (unpaired) electrons. The van der Waals surface area contributed by atoms with Crippen LogP contribution in [0.5, 0.6) is 5.75 Å². The van der Waals surface area contributed by atoms with Gasteiger partial charge in [0, 0.05) is 13.0 Å². The van der Waals surface area contributed by atoms with Crippen LogP contribution < -0.4 is 4.74 Å². The molecule has 0 fully saturated rings. The lowest BCUT2D eigenvalue weighted by Gasteiger charge is -2.17. The number of aliphatic hydroxyl groups excluding tert-OH is 1. The van der Waals surface area contributed by atoms with E-state index in [1.54, 1.807) is 0 Å². The van der Waals surface area contributed by atoms with Gasteiger partial charge in [0.25, 0.3) is 0 Å². The Morgan fingerprint density at radius 1 is 1.14 bits per heavy atom. The van der Waals surface area contributed by atoms with Gasteiger partial charge in [-0.05, 0) is 55.7 Å². The van der Waals surface area contributed by atoms with Gasteiger partial charge in [-0.1, -0.05) is 32.9 Å². The number of benzene rings is 1. The molecule has 1 rings (SSSR count). The molecule has 1 aromatic rings. The lowest BCUT2D eigenvalue weighted by molar-refractivity contribution is -0.0980. The zero-order valence-electron chi connectivity index (χ0n) is 14.8. The van der Waals surface area contributed by atoms with Crippen molar-refractivity contribution in [1.82, 2.24) is 0 Å². The van der Waals surface area contributed by atoms with Crippen LogP contribution in [0.1, 0.15) is 57.2 Å². The second-order valence-corrected chi connectivity index (χ2v) is 6.23. The largest absolute Gasteiger partial charge is 0.493 e. The van der Waals surface area contributed by atoms with Gasteiger partial charge in [-0.25, -0.2) is 0 Å². The van der Waals surface area contributed by atoms with Gasteiger partial charge in [-0.15, -0.1) is 0 Å². The fraction of sp³-hybridized carbons (Fsp3) is 0.684. The molecule has 0 aliphatic carbocycles. The Balaban J connectivity index is 2.72. The molecule has 3 heteroatoms. The highest BCUT2D eigenvalue weighted by Gasteiger charge is 2.10. The van der Waals surface area contributed by atoms with E-state index >= 15 is 0 Å². The van der Waals surface area contributed by atoms with Gasteiger partial charge in [-0.2, -0.15) is 0 Å². The smallest absolute Gasteiger partial charge is 0.154 e. The third-order valence-electron chi connectivity index (χ3n) is 3.77. The monoisotopic (exact) mass is 308 g/mol. The van der Waals surface area contributed by atoms with E-state index in [1.165, 1.54) is 16.7 Å². The lowest BCUT2D eigenvalue weighted by Crippen LogP contribution is -2.12. The molecule has 0 saturated heterocycles. The first-order chi connectivity index (χ1) is 10.5. The van der Waals surface area contributed by atoms with Crippen molar-refractivity contribution in [2.45, 2.75) is 66.6 Å². The van der Waals surface area contributed by atoms with Gasteiger partial charge in [0.05, 0.1) is 6.61 Å². The predicted molar refractivity (Wildman–Crippen MR) is 91.5 cm³/mol. The number of aliphatic hydroxyl groups is 1. The standard InChI is InChI=1S/C19H32O3/c1-6-17-13-16(8-9-18(20)21-7-2)12-15(5)19(17)22-11-10-14(3)4/h12-14,18,20H,6-11H2,1-5H3. The van der Waals surface area contributed by atoms with Crippen LogP contribution >= 0.6 is 0 Å². The van der Waals surface area contributed by atoms with Crippen molar-refractivity contribution in [1.29, 1.82) is 0 Å². The first kappa shape index (κ1) is 19.0. The summed E-state index contributed by atoms with van der Waals surface area (Å²) in [6.07, 6.45) is 2.81. The minimum absolute atomic E-state index is 0.545. The van der Waals surface area contributed by atoms with Gasteiger partial charge in [0.2, 0.25) is 0 Å². The van der Waals surface area contributed by atoms with E-state index in [9.17, 15) is 5.11 Å². The number of aryl methyl sites for hydroxylation is 3. The Morgan fingerprint density at radius 2 is 1.86 bits per heavy atom. The molecule has 0 amide bonds. The fourth-order valence-electron chi connectivity index (χ4n) is 2.50. The maximum absolute atomic E-state index is 9.68. The molecule has 0 spiro atoms. The van der Waals surface area contributed by atoms with Crippen molar-refractivity contribution in [3.63, 3.8) is 0 Å². The zero-order valence-corrected chi connectivity index (χ0v) is 14.8. The van der Waals surface area contributed by atoms with Crippen LogP contribution in [0.3, 0.4) is 0 Å². The summed E-state index contributed by atoms with van der Waals surface area (Å²) in [5.74, 6) is 1.70. The minimum atomic E-state index is -0.669. The summed E-state index contributed by atoms with van der Waals surface area (Å²) < 4.78 is 11.2. The SMILES string of the molecule is CCOC(O)CCc1cc(C)c(OCCC(C)C)c(CC)c1. The van der Waals surface area contributed by atoms with Gasteiger partial charge in [0.1, 0.15) is 5.75 Å². The van der Waals surface area contributed by atoms with E-state index in [4.69, 9.17) is 9.47 Å². The molecule has 1 N–H and O–H groups in total. The molecule has 1 aromatic carbocycles. The molecule has 126 valence electrons. The van der Waals surface area contributed by atoms with Crippen LogP contribution in [0.15, 0.2) is 12.1 Å². The molecule has 0 aliphatic heterocycles. The molecule has 0 heterocycles. The van der Waals surface area contributed by atoms with Crippen LogP contribution in [-0.4, -0.2) is 24.6 Å². The summed E-state index contributed by atoms with van der Waals surface area (Å²) in [6.45, 7) is 11.9. The van der Waals surface area contributed by atoms with Crippen LogP contribution in [0.25, 0.3) is 0 Å². The van der Waals surface area contributed by atoms with E-state index in [-0.39, 0.29) is 0 Å². The quantitative estimate of drug-likeness (QED) is 0.656. The fourth-order valence-corrected chi connectivity index (χ4v) is 2.50. The van der Waals surface area contributed by atoms with Crippen molar-refractivity contribution in [2.24, 2.45) is 5.92 Å². The average Bonchev–Trinajstić information content (AvgIpc) is 2.46. The van der Waals surface area contributed by atoms with Gasteiger partial charge < -0.3 is 14.6 Å². The minimum Gasteiger partial charge on any atom is -0.493 e. The molecule has 0 aliphatic rings. The summed E-state index contributed by atoms with van der Waals surface area (Å²) in [5.41, 5.74) is 3.68. The summed E-state index contributed by atoms with van der Waals surface area (Å²) >= 11 is 0. The van der Waals surface area contributed by atoms with Crippen LogP contribution in [0.2, 0.25) is 0 Å². The molecular weight excluding hydrogens is 276 g/mol. The van der Waals surface area contributed by atoms with Crippen LogP contribution in [-0.2, 0) is 17.6 Å². The third kappa shape index (κ3) is 6.37.